The predicted octanol–water partition coefficient (Wildman–Crippen LogP) is -2.79. The molecule has 8 atom stereocenters. The molecule has 3 aliphatic heterocycles. The standard InChI is InChI=1S/C19H26N5O12PS/c1-19(2)13(17(29)30)24-14(28)10(16(24)38-19)22-9(25)6-35-37(32,33)34-5-7-11(26)12(27)15(36-7)23-4-3-8(20)21-18(23)31/h3-4,7,10-13,15-16,26-27H,5-6H2,1-2H3,(H,22,25)(H,29,30)(H,32,33)(H2,20,21,31)/t7-,10?,11-,12-,13?,15-,16?/m1/s1. The molecular weight excluding hydrogens is 553 g/mol. The highest BCUT2D eigenvalue weighted by atomic mass is 32.2. The van der Waals surface area contributed by atoms with Gasteiger partial charge < -0.3 is 40.9 Å². The Balaban J connectivity index is 1.27. The number of aliphatic hydroxyl groups excluding tert-OH is 2. The van der Waals surface area contributed by atoms with E-state index in [0.29, 0.717) is 0 Å². The monoisotopic (exact) mass is 579 g/mol. The minimum Gasteiger partial charge on any atom is -0.480 e. The van der Waals surface area contributed by atoms with Crippen molar-refractivity contribution in [1.29, 1.82) is 0 Å². The average Bonchev–Trinajstić information content (AvgIpc) is 3.25. The molecule has 17 nitrogen and oxygen atoms in total. The Morgan fingerprint density at radius 3 is 2.61 bits per heavy atom. The van der Waals surface area contributed by atoms with Crippen LogP contribution in [-0.2, 0) is 32.7 Å². The number of carbonyl (C=O) groups is 3. The van der Waals surface area contributed by atoms with E-state index in [9.17, 15) is 44.0 Å². The number of nitrogen functional groups attached to an aromatic ring is 1. The Morgan fingerprint density at radius 1 is 1.29 bits per heavy atom. The van der Waals surface area contributed by atoms with Crippen molar-refractivity contribution < 1.29 is 52.9 Å². The summed E-state index contributed by atoms with van der Waals surface area (Å²) in [6.45, 7) is 1.59. The van der Waals surface area contributed by atoms with Gasteiger partial charge in [-0.3, -0.25) is 23.2 Å². The van der Waals surface area contributed by atoms with Gasteiger partial charge in [0.2, 0.25) is 11.8 Å². The van der Waals surface area contributed by atoms with Crippen LogP contribution in [0, 0.1) is 0 Å². The number of ether oxygens (including phenoxy) is 1. The highest BCUT2D eigenvalue weighted by Gasteiger charge is 2.64. The molecule has 2 amide bonds. The molecule has 0 saturated carbocycles. The summed E-state index contributed by atoms with van der Waals surface area (Å²) in [4.78, 5) is 62.8. The van der Waals surface area contributed by atoms with Crippen LogP contribution < -0.4 is 16.7 Å². The van der Waals surface area contributed by atoms with Crippen LogP contribution in [0.5, 0.6) is 0 Å². The number of anilines is 1. The Hall–Kier alpha value is -2.57. The molecule has 0 bridgehead atoms. The lowest BCUT2D eigenvalue weighted by Crippen LogP contribution is -2.70. The van der Waals surface area contributed by atoms with E-state index in [2.05, 4.69) is 14.8 Å². The number of fused-ring (bicyclic) bond motifs is 1. The van der Waals surface area contributed by atoms with E-state index in [1.807, 2.05) is 0 Å². The molecule has 1 aromatic heterocycles. The zero-order valence-corrected chi connectivity index (χ0v) is 21.7. The third-order valence-corrected chi connectivity index (χ3v) is 8.72. The molecular formula is C19H26N5O12PS. The fourth-order valence-electron chi connectivity index (χ4n) is 4.42. The molecule has 210 valence electrons. The van der Waals surface area contributed by atoms with E-state index in [1.165, 1.54) is 28.9 Å². The number of phosphoric ester groups is 1. The summed E-state index contributed by atoms with van der Waals surface area (Å²) < 4.78 is 27.1. The summed E-state index contributed by atoms with van der Waals surface area (Å²) in [5.41, 5.74) is 4.55. The number of aromatic nitrogens is 2. The SMILES string of the molecule is CC1(C)SC2C(NC(=O)COP(=O)(O)OC[C@H]3O[C@@H](n4ccc(N)nc4=O)[C@H](O)[C@@H]3O)C(=O)N2C1C(=O)O. The molecule has 0 aromatic carbocycles. The summed E-state index contributed by atoms with van der Waals surface area (Å²) >= 11 is 1.20. The van der Waals surface area contributed by atoms with Crippen molar-refractivity contribution in [2.45, 2.75) is 60.6 Å². The minimum absolute atomic E-state index is 0.0733. The first-order valence-corrected chi connectivity index (χ1v) is 13.5. The van der Waals surface area contributed by atoms with E-state index in [4.69, 9.17) is 15.0 Å². The third kappa shape index (κ3) is 5.30. The van der Waals surface area contributed by atoms with Crippen LogP contribution in [0.1, 0.15) is 20.1 Å². The van der Waals surface area contributed by atoms with E-state index < -0.39 is 91.3 Å². The highest BCUT2D eigenvalue weighted by Crippen LogP contribution is 2.51. The van der Waals surface area contributed by atoms with Crippen LogP contribution in [0.4, 0.5) is 5.82 Å². The number of aliphatic carboxylic acids is 1. The number of nitrogens with two attached hydrogens (primary N) is 1. The number of hydrogen-bond acceptors (Lipinski definition) is 13. The van der Waals surface area contributed by atoms with Gasteiger partial charge in [-0.25, -0.2) is 14.2 Å². The number of amides is 2. The molecule has 0 spiro atoms. The first kappa shape index (κ1) is 28.4. The summed E-state index contributed by atoms with van der Waals surface area (Å²) in [5, 5.41) is 31.6. The number of nitrogens with one attached hydrogen (secondary N) is 1. The molecule has 4 rings (SSSR count). The maximum Gasteiger partial charge on any atom is 0.472 e. The molecule has 0 aliphatic carbocycles. The van der Waals surface area contributed by atoms with E-state index in [0.717, 1.165) is 4.57 Å². The lowest BCUT2D eigenvalue weighted by Gasteiger charge is -2.43. The number of aliphatic hydroxyl groups is 2. The van der Waals surface area contributed by atoms with Crippen LogP contribution >= 0.6 is 19.6 Å². The Morgan fingerprint density at radius 2 is 1.97 bits per heavy atom. The van der Waals surface area contributed by atoms with Gasteiger partial charge >= 0.3 is 19.5 Å². The largest absolute Gasteiger partial charge is 0.480 e. The van der Waals surface area contributed by atoms with Crippen molar-refractivity contribution >= 4 is 43.2 Å². The molecule has 4 heterocycles. The molecule has 3 saturated heterocycles. The van der Waals surface area contributed by atoms with Gasteiger partial charge in [0, 0.05) is 10.9 Å². The maximum atomic E-state index is 12.4. The molecule has 1 aromatic rings. The summed E-state index contributed by atoms with van der Waals surface area (Å²) in [5.74, 6) is -2.78. The zero-order chi connectivity index (χ0) is 28.2. The smallest absolute Gasteiger partial charge is 0.472 e. The van der Waals surface area contributed by atoms with Crippen molar-refractivity contribution in [2.24, 2.45) is 0 Å². The number of thioether (sulfide) groups is 1. The quantitative estimate of drug-likeness (QED) is 0.128. The van der Waals surface area contributed by atoms with Crippen molar-refractivity contribution in [3.05, 3.63) is 22.7 Å². The fourth-order valence-corrected chi connectivity index (χ4v) is 6.74. The van der Waals surface area contributed by atoms with Gasteiger partial charge in [0.05, 0.1) is 6.61 Å². The highest BCUT2D eigenvalue weighted by molar-refractivity contribution is 8.01. The van der Waals surface area contributed by atoms with Gasteiger partial charge in [0.15, 0.2) is 6.23 Å². The molecule has 0 radical (unpaired) electrons. The molecule has 19 heteroatoms. The van der Waals surface area contributed by atoms with E-state index >= 15 is 0 Å². The van der Waals surface area contributed by atoms with Crippen LogP contribution in [-0.4, -0.2) is 106 Å². The third-order valence-electron chi connectivity index (χ3n) is 6.22. The van der Waals surface area contributed by atoms with Crippen molar-refractivity contribution in [2.75, 3.05) is 18.9 Å². The van der Waals surface area contributed by atoms with Crippen LogP contribution in [0.15, 0.2) is 17.1 Å². The number of phosphoric acid groups is 1. The van der Waals surface area contributed by atoms with Gasteiger partial charge in [-0.2, -0.15) is 4.98 Å². The average molecular weight is 579 g/mol. The molecule has 38 heavy (non-hydrogen) atoms. The summed E-state index contributed by atoms with van der Waals surface area (Å²) in [6, 6.07) is -0.841. The number of hydrogen-bond donors (Lipinski definition) is 6. The second kappa shape index (κ2) is 10.2. The normalized spacial score (nSPS) is 33.3. The number of β-lactam (4-membered cyclic amide) rings is 1. The van der Waals surface area contributed by atoms with Crippen molar-refractivity contribution in [3.63, 3.8) is 0 Å². The Kier molecular flexibility index (Phi) is 7.63. The summed E-state index contributed by atoms with van der Waals surface area (Å²) in [7, 11) is -4.88. The second-order valence-electron chi connectivity index (χ2n) is 9.27. The first-order valence-electron chi connectivity index (χ1n) is 11.1. The maximum absolute atomic E-state index is 12.4. The zero-order valence-electron chi connectivity index (χ0n) is 19.9. The van der Waals surface area contributed by atoms with Gasteiger partial charge in [-0.05, 0) is 19.9 Å². The Labute approximate surface area is 218 Å². The summed E-state index contributed by atoms with van der Waals surface area (Å²) in [6.07, 6.45) is -4.80. The predicted molar refractivity (Wildman–Crippen MR) is 126 cm³/mol. The van der Waals surface area contributed by atoms with Crippen LogP contribution in [0.3, 0.4) is 0 Å². The van der Waals surface area contributed by atoms with Crippen LogP contribution in [0.25, 0.3) is 0 Å². The number of carboxylic acids is 1. The lowest BCUT2D eigenvalue weighted by atomic mass is 9.96. The van der Waals surface area contributed by atoms with E-state index in [-0.39, 0.29) is 5.82 Å². The fraction of sp³-hybridized carbons (Fsp3) is 0.632. The number of nitrogens with zero attached hydrogens (tertiary/aromatic N) is 3. The number of carboxylic acid groups (broad SMARTS) is 1. The Bertz CT molecular complexity index is 1240. The first-order chi connectivity index (χ1) is 17.6. The van der Waals surface area contributed by atoms with Crippen molar-refractivity contribution in [3.8, 4) is 0 Å². The van der Waals surface area contributed by atoms with Crippen LogP contribution in [0.2, 0.25) is 0 Å². The minimum atomic E-state index is -4.88. The molecule has 3 aliphatic rings. The van der Waals surface area contributed by atoms with Gasteiger partial charge in [-0.1, -0.05) is 0 Å². The van der Waals surface area contributed by atoms with Gasteiger partial charge in [0.25, 0.3) is 0 Å². The topological polar surface area (TPSA) is 253 Å². The molecule has 3 fully saturated rings. The van der Waals surface area contributed by atoms with E-state index in [1.54, 1.807) is 13.8 Å². The number of rotatable bonds is 9. The molecule has 4 unspecified atom stereocenters. The second-order valence-corrected chi connectivity index (χ2v) is 12.5. The molecule has 7 N–H and O–H groups in total. The van der Waals surface area contributed by atoms with Gasteiger partial charge in [0.1, 0.15) is 48.2 Å². The number of carbonyl (C=O) groups excluding carboxylic acids is 2. The lowest BCUT2D eigenvalue weighted by molar-refractivity contribution is -0.161. The van der Waals surface area contributed by atoms with Crippen molar-refractivity contribution in [1.82, 2.24) is 19.8 Å². The van der Waals surface area contributed by atoms with Gasteiger partial charge in [-0.15, -0.1) is 11.8 Å².